The van der Waals surface area contributed by atoms with Gasteiger partial charge in [0.05, 0.1) is 13.2 Å². The Balaban J connectivity index is 2.41. The predicted molar refractivity (Wildman–Crippen MR) is 112 cm³/mol. The molecule has 0 aromatic carbocycles. The molecule has 0 aliphatic carbocycles. The summed E-state index contributed by atoms with van der Waals surface area (Å²) in [5.74, 6) is 0. The molecule has 0 spiro atoms. The highest BCUT2D eigenvalue weighted by Crippen LogP contribution is 2.49. The van der Waals surface area contributed by atoms with Crippen LogP contribution in [-0.2, 0) is 50.6 Å². The van der Waals surface area contributed by atoms with Gasteiger partial charge in [-0.2, -0.15) is 0 Å². The number of hydrogen-bond acceptors (Lipinski definition) is 15. The SMILES string of the molecule is O=P(O)(O)O[C@@H]1[C@@H](O)[C@@H](O[C@H]2O[C@H](CO)[C@@H](OP(=O)(O)O)[C@H](OP(=O)(O)O)[C@H]2O)O[C@H](CO)[C@H]1OP(=O)(O)O. The summed E-state index contributed by atoms with van der Waals surface area (Å²) in [4.78, 5) is 73.1. The van der Waals surface area contributed by atoms with Crippen LogP contribution in [-0.4, -0.2) is 134 Å². The number of phosphoric ester groups is 4. The first-order chi connectivity index (χ1) is 17.5. The lowest BCUT2D eigenvalue weighted by Gasteiger charge is -2.47. The number of phosphoric acid groups is 4. The van der Waals surface area contributed by atoms with Crippen molar-refractivity contribution in [3.05, 3.63) is 0 Å². The minimum atomic E-state index is -5.57. The molecule has 0 amide bonds. The number of aliphatic hydroxyl groups excluding tert-OH is 4. The molecule has 0 aromatic heterocycles. The smallest absolute Gasteiger partial charge is 0.394 e. The average molecular weight is 662 g/mol. The fourth-order valence-electron chi connectivity index (χ4n) is 3.57. The fraction of sp³-hybridized carbons (Fsp3) is 1.00. The quantitative estimate of drug-likeness (QED) is 0.0871. The first-order valence-corrected chi connectivity index (χ1v) is 16.2. The van der Waals surface area contributed by atoms with Crippen LogP contribution in [0.15, 0.2) is 0 Å². The fourth-order valence-corrected chi connectivity index (χ4v) is 5.84. The second-order valence-corrected chi connectivity index (χ2v) is 12.6. The van der Waals surface area contributed by atoms with Crippen molar-refractivity contribution in [2.75, 3.05) is 13.2 Å². The van der Waals surface area contributed by atoms with Gasteiger partial charge < -0.3 is 73.8 Å². The second-order valence-electron chi connectivity index (χ2n) is 7.81. The van der Waals surface area contributed by atoms with E-state index in [9.17, 15) is 38.7 Å². The average Bonchev–Trinajstić information content (AvgIpc) is 2.73. The summed E-state index contributed by atoms with van der Waals surface area (Å²) in [6, 6.07) is 0. The van der Waals surface area contributed by atoms with Crippen LogP contribution in [0.25, 0.3) is 0 Å². The monoisotopic (exact) mass is 662 g/mol. The van der Waals surface area contributed by atoms with E-state index in [1.807, 2.05) is 0 Å². The first-order valence-electron chi connectivity index (χ1n) is 10.0. The van der Waals surface area contributed by atoms with Crippen LogP contribution in [0.1, 0.15) is 0 Å². The molecule has 2 rings (SSSR count). The maximum Gasteiger partial charge on any atom is 0.470 e. The van der Waals surface area contributed by atoms with E-state index in [1.54, 1.807) is 0 Å². The summed E-state index contributed by atoms with van der Waals surface area (Å²) in [5, 5.41) is 40.3. The lowest BCUT2D eigenvalue weighted by atomic mass is 9.98. The molecule has 39 heavy (non-hydrogen) atoms. The van der Waals surface area contributed by atoms with Gasteiger partial charge in [-0.05, 0) is 0 Å². The molecule has 27 heteroatoms. The summed E-state index contributed by atoms with van der Waals surface area (Å²) in [5.41, 5.74) is 0. The van der Waals surface area contributed by atoms with Gasteiger partial charge in [-0.25, -0.2) is 18.3 Å². The zero-order valence-corrected chi connectivity index (χ0v) is 22.4. The molecule has 0 unspecified atom stereocenters. The van der Waals surface area contributed by atoms with E-state index in [2.05, 4.69) is 18.1 Å². The van der Waals surface area contributed by atoms with E-state index < -0.39 is 106 Å². The van der Waals surface area contributed by atoms with Gasteiger partial charge >= 0.3 is 31.3 Å². The third-order valence-corrected chi connectivity index (χ3v) is 6.97. The van der Waals surface area contributed by atoms with E-state index in [1.165, 1.54) is 0 Å². The van der Waals surface area contributed by atoms with Gasteiger partial charge in [-0.15, -0.1) is 0 Å². The van der Waals surface area contributed by atoms with Crippen molar-refractivity contribution in [3.63, 3.8) is 0 Å². The first kappa shape index (κ1) is 35.4. The number of hydrogen-bond donors (Lipinski definition) is 12. The molecule has 10 atom stereocenters. The van der Waals surface area contributed by atoms with Crippen molar-refractivity contribution in [1.82, 2.24) is 0 Å². The zero-order valence-electron chi connectivity index (χ0n) is 18.8. The molecule has 232 valence electrons. The molecule has 0 saturated carbocycles. The molecule has 2 saturated heterocycles. The number of rotatable bonds is 12. The Morgan fingerprint density at radius 1 is 0.513 bits per heavy atom. The van der Waals surface area contributed by atoms with Crippen LogP contribution in [0.4, 0.5) is 0 Å². The van der Waals surface area contributed by atoms with E-state index in [0.717, 1.165) is 0 Å². The molecule has 2 fully saturated rings. The predicted octanol–water partition coefficient (Wildman–Crippen LogP) is -4.93. The van der Waals surface area contributed by atoms with Crippen LogP contribution >= 0.6 is 31.3 Å². The van der Waals surface area contributed by atoms with Gasteiger partial charge in [0.2, 0.25) is 0 Å². The van der Waals surface area contributed by atoms with Crippen LogP contribution in [0.3, 0.4) is 0 Å². The maximum absolute atomic E-state index is 11.4. The lowest BCUT2D eigenvalue weighted by molar-refractivity contribution is -0.372. The van der Waals surface area contributed by atoms with Crippen molar-refractivity contribution in [2.45, 2.75) is 61.4 Å². The lowest BCUT2D eigenvalue weighted by Crippen LogP contribution is -2.64. The molecule has 0 bridgehead atoms. The van der Waals surface area contributed by atoms with Crippen LogP contribution in [0.2, 0.25) is 0 Å². The topological polar surface area (TPSA) is 376 Å². The van der Waals surface area contributed by atoms with E-state index in [0.29, 0.717) is 0 Å². The minimum Gasteiger partial charge on any atom is -0.394 e. The van der Waals surface area contributed by atoms with Gasteiger partial charge in [-0.1, -0.05) is 0 Å². The molecule has 0 aromatic rings. The van der Waals surface area contributed by atoms with E-state index >= 15 is 0 Å². The highest BCUT2D eigenvalue weighted by Gasteiger charge is 2.56. The van der Waals surface area contributed by atoms with E-state index in [4.69, 9.17) is 53.4 Å². The summed E-state index contributed by atoms with van der Waals surface area (Å²) in [6.07, 6.45) is -22.9. The molecular weight excluding hydrogens is 636 g/mol. The molecule has 23 nitrogen and oxygen atoms in total. The number of aliphatic hydroxyl groups is 4. The van der Waals surface area contributed by atoms with Gasteiger partial charge in [0, 0.05) is 0 Å². The molecule has 0 radical (unpaired) electrons. The van der Waals surface area contributed by atoms with Crippen LogP contribution in [0.5, 0.6) is 0 Å². The molecule has 2 aliphatic rings. The molecule has 2 aliphatic heterocycles. The summed E-state index contributed by atoms with van der Waals surface area (Å²) < 4.78 is 78.1. The molecule has 12 N–H and O–H groups in total. The third-order valence-electron chi connectivity index (χ3n) is 4.89. The van der Waals surface area contributed by atoms with Gasteiger partial charge in [0.1, 0.15) is 48.8 Å². The van der Waals surface area contributed by atoms with Gasteiger partial charge in [0.25, 0.3) is 0 Å². The summed E-state index contributed by atoms with van der Waals surface area (Å²) >= 11 is 0. The maximum atomic E-state index is 11.4. The Morgan fingerprint density at radius 2 is 0.769 bits per heavy atom. The van der Waals surface area contributed by atoms with E-state index in [-0.39, 0.29) is 0 Å². The standard InChI is InChI=1S/C12H26O23P4/c13-1-3-7(32-36(17,18)19)9(34-38(23,24)25)5(15)11(29-3)31-12-6(16)10(35-39(26,27)28)8(4(2-14)30-12)33-37(20,21)22/h3-16H,1-2H2,(H2,17,18,19)(H2,20,21,22)(H2,23,24,25)(H2,26,27,28)/t3-,4-,5-,6-,7-,8-,9-,10-,11-,12-/m1/s1. The molecule has 2 heterocycles. The van der Waals surface area contributed by atoms with Crippen molar-refractivity contribution < 1.29 is 110 Å². The third kappa shape index (κ3) is 10.7. The Morgan fingerprint density at radius 3 is 1.00 bits per heavy atom. The Hall–Kier alpha value is 0.160. The van der Waals surface area contributed by atoms with Crippen molar-refractivity contribution in [1.29, 1.82) is 0 Å². The summed E-state index contributed by atoms with van der Waals surface area (Å²) in [7, 11) is -22.1. The Labute approximate surface area is 216 Å². The zero-order chi connectivity index (χ0) is 30.1. The highest BCUT2D eigenvalue weighted by molar-refractivity contribution is 7.47. The van der Waals surface area contributed by atoms with Gasteiger partial charge in [-0.3, -0.25) is 18.1 Å². The van der Waals surface area contributed by atoms with Gasteiger partial charge in [0.15, 0.2) is 12.6 Å². The summed E-state index contributed by atoms with van der Waals surface area (Å²) in [6.45, 7) is -2.43. The van der Waals surface area contributed by atoms with Crippen molar-refractivity contribution in [2.24, 2.45) is 0 Å². The number of ether oxygens (including phenoxy) is 3. The minimum absolute atomic E-state index is 1.21. The highest BCUT2D eigenvalue weighted by atomic mass is 31.2. The Bertz CT molecular complexity index is 921. The largest absolute Gasteiger partial charge is 0.470 e. The van der Waals surface area contributed by atoms with Crippen LogP contribution < -0.4 is 0 Å². The second kappa shape index (κ2) is 13.2. The molecular formula is C12H26O23P4. The van der Waals surface area contributed by atoms with Crippen molar-refractivity contribution in [3.8, 4) is 0 Å². The Kier molecular flexibility index (Phi) is 12.0. The van der Waals surface area contributed by atoms with Crippen LogP contribution in [0, 0.1) is 0 Å². The van der Waals surface area contributed by atoms with Crippen molar-refractivity contribution >= 4 is 31.3 Å². The normalized spacial score (nSPS) is 37.1.